The Morgan fingerprint density at radius 2 is 2.25 bits per heavy atom. The highest BCUT2D eigenvalue weighted by Crippen LogP contribution is 2.11. The van der Waals surface area contributed by atoms with Crippen LogP contribution < -0.4 is 21.1 Å². The Morgan fingerprint density at radius 1 is 1.50 bits per heavy atom. The van der Waals surface area contributed by atoms with Crippen LogP contribution in [0.4, 0.5) is 0 Å². The van der Waals surface area contributed by atoms with Crippen LogP contribution in [0.2, 0.25) is 0 Å². The Labute approximate surface area is 116 Å². The molecule has 1 aromatic rings. The molecular weight excluding hydrogens is 260 g/mol. The molecule has 0 bridgehead atoms. The van der Waals surface area contributed by atoms with E-state index in [9.17, 15) is 4.79 Å². The zero-order chi connectivity index (χ0) is 14.4. The van der Waals surface area contributed by atoms with Gasteiger partial charge in [0.1, 0.15) is 12.4 Å². The normalized spacial score (nSPS) is 18.9. The van der Waals surface area contributed by atoms with Crippen LogP contribution in [0.3, 0.4) is 0 Å². The Balaban J connectivity index is 1.70. The molecule has 7 heteroatoms. The van der Waals surface area contributed by atoms with Crippen molar-refractivity contribution >= 4 is 11.7 Å². The molecule has 108 valence electrons. The summed E-state index contributed by atoms with van der Waals surface area (Å²) in [7, 11) is 0. The van der Waals surface area contributed by atoms with Crippen LogP contribution >= 0.6 is 0 Å². The van der Waals surface area contributed by atoms with Crippen LogP contribution in [0.5, 0.6) is 5.75 Å². The number of rotatable bonds is 6. The van der Waals surface area contributed by atoms with Gasteiger partial charge in [0.2, 0.25) is 5.91 Å². The molecule has 1 aromatic carbocycles. The summed E-state index contributed by atoms with van der Waals surface area (Å²) < 4.78 is 5.55. The number of benzene rings is 1. The highest BCUT2D eigenvalue weighted by Gasteiger charge is 2.20. The third-order valence-corrected chi connectivity index (χ3v) is 3.04. The second-order valence-corrected chi connectivity index (χ2v) is 4.52. The highest BCUT2D eigenvalue weighted by atomic mass is 16.5. The minimum atomic E-state index is 0.0663. The lowest BCUT2D eigenvalue weighted by Gasteiger charge is -2.11. The van der Waals surface area contributed by atoms with Crippen molar-refractivity contribution in [2.24, 2.45) is 10.9 Å². The van der Waals surface area contributed by atoms with Gasteiger partial charge in [-0.2, -0.15) is 0 Å². The number of amidine groups is 1. The summed E-state index contributed by atoms with van der Waals surface area (Å²) in [6, 6.07) is 7.14. The molecule has 7 nitrogen and oxygen atoms in total. The van der Waals surface area contributed by atoms with Crippen molar-refractivity contribution in [2.45, 2.75) is 12.5 Å². The van der Waals surface area contributed by atoms with E-state index in [1.165, 1.54) is 0 Å². The minimum Gasteiger partial charge on any atom is -0.492 e. The van der Waals surface area contributed by atoms with Crippen molar-refractivity contribution in [3.8, 4) is 5.75 Å². The lowest BCUT2D eigenvalue weighted by atomic mass is 10.2. The molecular formula is C13H18N4O3. The van der Waals surface area contributed by atoms with Crippen LogP contribution in [-0.2, 0) is 4.79 Å². The summed E-state index contributed by atoms with van der Waals surface area (Å²) in [5, 5.41) is 17.5. The number of hydrogen-bond donors (Lipinski definition) is 4. The predicted molar refractivity (Wildman–Crippen MR) is 73.9 cm³/mol. The average molecular weight is 278 g/mol. The van der Waals surface area contributed by atoms with Crippen LogP contribution in [-0.4, -0.2) is 42.7 Å². The number of carbonyl (C=O) groups excluding carboxylic acids is 1. The Bertz CT molecular complexity index is 487. The van der Waals surface area contributed by atoms with Gasteiger partial charge in [-0.15, -0.1) is 0 Å². The maximum Gasteiger partial charge on any atom is 0.221 e. The van der Waals surface area contributed by atoms with E-state index < -0.39 is 0 Å². The Hall–Kier alpha value is -2.28. The number of nitrogens with two attached hydrogens (primary N) is 1. The molecule has 0 spiro atoms. The van der Waals surface area contributed by atoms with Gasteiger partial charge in [0.25, 0.3) is 0 Å². The zero-order valence-electron chi connectivity index (χ0n) is 11.0. The third kappa shape index (κ3) is 3.86. The maximum absolute atomic E-state index is 11.0. The van der Waals surface area contributed by atoms with Gasteiger partial charge in [-0.1, -0.05) is 5.16 Å². The number of nitrogens with one attached hydrogen (secondary N) is 2. The maximum atomic E-state index is 11.0. The molecule has 5 N–H and O–H groups in total. The van der Waals surface area contributed by atoms with E-state index in [0.29, 0.717) is 37.4 Å². The van der Waals surface area contributed by atoms with E-state index >= 15 is 0 Å². The number of ether oxygens (including phenoxy) is 1. The summed E-state index contributed by atoms with van der Waals surface area (Å²) in [4.78, 5) is 11.0. The van der Waals surface area contributed by atoms with Crippen molar-refractivity contribution < 1.29 is 14.7 Å². The van der Waals surface area contributed by atoms with E-state index in [4.69, 9.17) is 15.7 Å². The van der Waals surface area contributed by atoms with Gasteiger partial charge < -0.3 is 26.3 Å². The number of carbonyl (C=O) groups is 1. The molecule has 2 rings (SSSR count). The van der Waals surface area contributed by atoms with E-state index in [2.05, 4.69) is 15.8 Å². The van der Waals surface area contributed by atoms with Crippen molar-refractivity contribution in [3.05, 3.63) is 29.8 Å². The van der Waals surface area contributed by atoms with E-state index in [-0.39, 0.29) is 17.8 Å². The largest absolute Gasteiger partial charge is 0.492 e. The number of oxime groups is 1. The molecule has 1 unspecified atom stereocenters. The number of nitrogens with zero attached hydrogens (tertiary/aromatic N) is 1. The predicted octanol–water partition coefficient (Wildman–Crippen LogP) is -0.362. The fraction of sp³-hybridized carbons (Fsp3) is 0.385. The standard InChI is InChI=1S/C13H18N4O3/c14-13(17-19)9-1-3-11(4-2-9)20-6-5-15-10-7-12(18)16-8-10/h1-4,10,15,19H,5-8H2,(H2,14,17)(H,16,18). The Morgan fingerprint density at radius 3 is 2.85 bits per heavy atom. The van der Waals surface area contributed by atoms with Crippen molar-refractivity contribution in [3.63, 3.8) is 0 Å². The SMILES string of the molecule is N/C(=N/O)c1ccc(OCCNC2CNC(=O)C2)cc1. The lowest BCUT2D eigenvalue weighted by Crippen LogP contribution is -2.34. The minimum absolute atomic E-state index is 0.0663. The number of amides is 1. The third-order valence-electron chi connectivity index (χ3n) is 3.04. The van der Waals surface area contributed by atoms with Gasteiger partial charge in [-0.25, -0.2) is 0 Å². The molecule has 20 heavy (non-hydrogen) atoms. The summed E-state index contributed by atoms with van der Waals surface area (Å²) >= 11 is 0. The molecule has 1 saturated heterocycles. The molecule has 0 saturated carbocycles. The molecule has 1 aliphatic rings. The lowest BCUT2D eigenvalue weighted by molar-refractivity contribution is -0.119. The molecule has 1 atom stereocenters. The molecule has 1 fully saturated rings. The molecule has 1 heterocycles. The fourth-order valence-corrected chi connectivity index (χ4v) is 1.96. The number of hydrogen-bond acceptors (Lipinski definition) is 5. The summed E-state index contributed by atoms with van der Waals surface area (Å²) in [5.74, 6) is 0.862. The summed E-state index contributed by atoms with van der Waals surface area (Å²) in [5.41, 5.74) is 6.10. The first-order valence-corrected chi connectivity index (χ1v) is 6.40. The average Bonchev–Trinajstić information content (AvgIpc) is 2.89. The topological polar surface area (TPSA) is 109 Å². The van der Waals surface area contributed by atoms with Crippen LogP contribution in [0.1, 0.15) is 12.0 Å². The van der Waals surface area contributed by atoms with Crippen molar-refractivity contribution in [1.82, 2.24) is 10.6 Å². The quantitative estimate of drug-likeness (QED) is 0.187. The van der Waals surface area contributed by atoms with E-state index in [0.717, 1.165) is 0 Å². The van der Waals surface area contributed by atoms with Crippen LogP contribution in [0, 0.1) is 0 Å². The highest BCUT2D eigenvalue weighted by molar-refractivity contribution is 5.97. The second-order valence-electron chi connectivity index (χ2n) is 4.52. The first-order chi connectivity index (χ1) is 9.69. The first-order valence-electron chi connectivity index (χ1n) is 6.40. The molecule has 0 aliphatic carbocycles. The van der Waals surface area contributed by atoms with Crippen LogP contribution in [0.15, 0.2) is 29.4 Å². The van der Waals surface area contributed by atoms with Crippen molar-refractivity contribution in [1.29, 1.82) is 0 Å². The molecule has 1 amide bonds. The monoisotopic (exact) mass is 278 g/mol. The smallest absolute Gasteiger partial charge is 0.221 e. The molecule has 0 aromatic heterocycles. The summed E-state index contributed by atoms with van der Waals surface area (Å²) in [6.07, 6.45) is 0.522. The van der Waals surface area contributed by atoms with Gasteiger partial charge in [0, 0.05) is 31.1 Å². The van der Waals surface area contributed by atoms with Gasteiger partial charge in [0.15, 0.2) is 5.84 Å². The van der Waals surface area contributed by atoms with Crippen molar-refractivity contribution in [2.75, 3.05) is 19.7 Å². The van der Waals surface area contributed by atoms with E-state index in [1.807, 2.05) is 0 Å². The van der Waals surface area contributed by atoms with Gasteiger partial charge in [0.05, 0.1) is 0 Å². The van der Waals surface area contributed by atoms with Gasteiger partial charge >= 0.3 is 0 Å². The summed E-state index contributed by atoms with van der Waals surface area (Å²) in [6.45, 7) is 1.85. The van der Waals surface area contributed by atoms with Gasteiger partial charge in [-0.3, -0.25) is 4.79 Å². The van der Waals surface area contributed by atoms with E-state index in [1.54, 1.807) is 24.3 Å². The second kappa shape index (κ2) is 6.76. The van der Waals surface area contributed by atoms with Crippen LogP contribution in [0.25, 0.3) is 0 Å². The molecule has 1 aliphatic heterocycles. The first kappa shape index (κ1) is 14.1. The van der Waals surface area contributed by atoms with Gasteiger partial charge in [-0.05, 0) is 24.3 Å². The zero-order valence-corrected chi connectivity index (χ0v) is 11.0. The molecule has 0 radical (unpaired) electrons. The Kier molecular flexibility index (Phi) is 4.78. The fourth-order valence-electron chi connectivity index (χ4n) is 1.96.